The van der Waals surface area contributed by atoms with Crippen LogP contribution in [0.4, 0.5) is 0 Å². The van der Waals surface area contributed by atoms with Crippen molar-refractivity contribution in [1.82, 2.24) is 0 Å². The Morgan fingerprint density at radius 1 is 0.812 bits per heavy atom. The zero-order chi connectivity index (χ0) is 11.7. The molecule has 0 aromatic heterocycles. The quantitative estimate of drug-likeness (QED) is 0.624. The van der Waals surface area contributed by atoms with Crippen molar-refractivity contribution in [3.63, 3.8) is 0 Å². The van der Waals surface area contributed by atoms with Crippen molar-refractivity contribution in [1.29, 1.82) is 0 Å². The van der Waals surface area contributed by atoms with Crippen LogP contribution in [-0.2, 0) is 0 Å². The van der Waals surface area contributed by atoms with Crippen LogP contribution in [0.5, 0.6) is 0 Å². The minimum absolute atomic E-state index is 1.35. The summed E-state index contributed by atoms with van der Waals surface area (Å²) in [5.74, 6) is 0. The van der Waals surface area contributed by atoms with Gasteiger partial charge in [-0.15, -0.1) is 0 Å². The molecule has 0 aliphatic heterocycles. The first-order chi connectivity index (χ1) is 7.61. The lowest BCUT2D eigenvalue weighted by atomic mass is 9.94. The highest BCUT2D eigenvalue weighted by atomic mass is 14.1. The summed E-state index contributed by atoms with van der Waals surface area (Å²) >= 11 is 0. The zero-order valence-corrected chi connectivity index (χ0v) is 10.5. The summed E-state index contributed by atoms with van der Waals surface area (Å²) in [6.07, 6.45) is 0. The molecule has 0 amide bonds. The second-order valence-corrected chi connectivity index (χ2v) is 4.60. The minimum Gasteiger partial charge on any atom is -0.0729 e. The first-order valence-corrected chi connectivity index (χ1v) is 5.74. The first kappa shape index (κ1) is 10.9. The normalized spacial score (nSPS) is 10.5. The summed E-state index contributed by atoms with van der Waals surface area (Å²) in [6, 6.07) is 13.1. The van der Waals surface area contributed by atoms with E-state index >= 15 is 0 Å². The van der Waals surface area contributed by atoms with Crippen LogP contribution >= 0.6 is 0 Å². The molecule has 0 N–H and O–H groups in total. The number of hydrogen-bond donors (Lipinski definition) is 0. The Bertz CT molecular complexity index is 555. The molecule has 0 aliphatic carbocycles. The van der Waals surface area contributed by atoms with Crippen LogP contribution in [0.3, 0.4) is 0 Å². The van der Waals surface area contributed by atoms with Gasteiger partial charge in [-0.05, 0) is 55.2 Å². The molecule has 0 unspecified atom stereocenters. The third-order valence-corrected chi connectivity index (χ3v) is 3.30. The molecule has 0 saturated carbocycles. The van der Waals surface area contributed by atoms with Crippen molar-refractivity contribution < 1.29 is 0 Å². The zero-order valence-electron chi connectivity index (χ0n) is 10.5. The molecule has 2 rings (SSSR count). The van der Waals surface area contributed by atoms with Gasteiger partial charge >= 0.3 is 0 Å². The summed E-state index contributed by atoms with van der Waals surface area (Å²) in [6.45, 7) is 8.71. The molecular formula is C16H18. The third kappa shape index (κ3) is 1.76. The predicted molar refractivity (Wildman–Crippen MR) is 72.6 cm³/mol. The SMILES string of the molecule is CC(C)=C(C)c1ccc(C)c2ccccc12. The van der Waals surface area contributed by atoms with E-state index < -0.39 is 0 Å². The Morgan fingerprint density at radius 2 is 1.44 bits per heavy atom. The number of benzene rings is 2. The van der Waals surface area contributed by atoms with Gasteiger partial charge in [-0.2, -0.15) is 0 Å². The molecule has 0 heterocycles. The fourth-order valence-corrected chi connectivity index (χ4v) is 2.05. The highest BCUT2D eigenvalue weighted by Gasteiger charge is 2.05. The van der Waals surface area contributed by atoms with Crippen molar-refractivity contribution in [2.24, 2.45) is 0 Å². The second-order valence-electron chi connectivity index (χ2n) is 4.60. The van der Waals surface area contributed by atoms with Crippen LogP contribution < -0.4 is 0 Å². The Balaban J connectivity index is 2.83. The van der Waals surface area contributed by atoms with Gasteiger partial charge in [0.2, 0.25) is 0 Å². The van der Waals surface area contributed by atoms with Crippen LogP contribution in [0.2, 0.25) is 0 Å². The summed E-state index contributed by atoms with van der Waals surface area (Å²) in [7, 11) is 0. The molecule has 0 fully saturated rings. The lowest BCUT2D eigenvalue weighted by molar-refractivity contribution is 1.37. The highest BCUT2D eigenvalue weighted by molar-refractivity contribution is 5.95. The molecule has 0 heteroatoms. The molecule has 0 saturated heterocycles. The molecule has 0 spiro atoms. The number of fused-ring (bicyclic) bond motifs is 1. The predicted octanol–water partition coefficient (Wildman–Crippen LogP) is 4.96. The van der Waals surface area contributed by atoms with E-state index in [1.54, 1.807) is 0 Å². The fourth-order valence-electron chi connectivity index (χ4n) is 2.05. The highest BCUT2D eigenvalue weighted by Crippen LogP contribution is 2.28. The van der Waals surface area contributed by atoms with Crippen molar-refractivity contribution in [3.8, 4) is 0 Å². The lowest BCUT2D eigenvalue weighted by Gasteiger charge is -2.10. The molecule has 0 aliphatic rings. The molecule has 0 radical (unpaired) electrons. The van der Waals surface area contributed by atoms with Crippen molar-refractivity contribution >= 4 is 16.3 Å². The lowest BCUT2D eigenvalue weighted by Crippen LogP contribution is -1.87. The van der Waals surface area contributed by atoms with Gasteiger partial charge in [-0.1, -0.05) is 42.0 Å². The number of allylic oxidation sites excluding steroid dienone is 2. The van der Waals surface area contributed by atoms with E-state index in [1.165, 1.54) is 33.0 Å². The van der Waals surface area contributed by atoms with E-state index in [9.17, 15) is 0 Å². The van der Waals surface area contributed by atoms with Crippen molar-refractivity contribution in [2.75, 3.05) is 0 Å². The van der Waals surface area contributed by atoms with E-state index in [4.69, 9.17) is 0 Å². The van der Waals surface area contributed by atoms with Gasteiger partial charge in [-0.3, -0.25) is 0 Å². The van der Waals surface area contributed by atoms with E-state index in [0.29, 0.717) is 0 Å². The van der Waals surface area contributed by atoms with E-state index in [2.05, 4.69) is 64.1 Å². The van der Waals surface area contributed by atoms with Gasteiger partial charge in [-0.25, -0.2) is 0 Å². The standard InChI is InChI=1S/C16H18/c1-11(2)13(4)15-10-9-12(3)14-7-5-6-8-16(14)15/h5-10H,1-4H3. The summed E-state index contributed by atoms with van der Waals surface area (Å²) in [5, 5.41) is 2.72. The van der Waals surface area contributed by atoms with Gasteiger partial charge < -0.3 is 0 Å². The molecule has 0 nitrogen and oxygen atoms in total. The maximum atomic E-state index is 2.24. The van der Waals surface area contributed by atoms with Crippen LogP contribution in [0.1, 0.15) is 31.9 Å². The maximum Gasteiger partial charge on any atom is -0.0106 e. The minimum atomic E-state index is 1.35. The number of rotatable bonds is 1. The second kappa shape index (κ2) is 4.13. The van der Waals surface area contributed by atoms with Crippen LogP contribution in [0.25, 0.3) is 16.3 Å². The van der Waals surface area contributed by atoms with Gasteiger partial charge in [0, 0.05) is 0 Å². The number of hydrogen-bond acceptors (Lipinski definition) is 0. The van der Waals surface area contributed by atoms with E-state index in [-0.39, 0.29) is 0 Å². The largest absolute Gasteiger partial charge is 0.0729 e. The van der Waals surface area contributed by atoms with Crippen LogP contribution in [-0.4, -0.2) is 0 Å². The Labute approximate surface area is 97.6 Å². The van der Waals surface area contributed by atoms with Crippen molar-refractivity contribution in [2.45, 2.75) is 27.7 Å². The molecule has 82 valence electrons. The fraction of sp³-hybridized carbons (Fsp3) is 0.250. The van der Waals surface area contributed by atoms with Gasteiger partial charge in [0.25, 0.3) is 0 Å². The average Bonchev–Trinajstić information content (AvgIpc) is 2.29. The Morgan fingerprint density at radius 3 is 2.06 bits per heavy atom. The smallest absolute Gasteiger partial charge is 0.0106 e. The summed E-state index contributed by atoms with van der Waals surface area (Å²) < 4.78 is 0. The van der Waals surface area contributed by atoms with E-state index in [1.807, 2.05) is 0 Å². The molecule has 0 atom stereocenters. The molecule has 2 aromatic carbocycles. The van der Waals surface area contributed by atoms with Gasteiger partial charge in [0.1, 0.15) is 0 Å². The summed E-state index contributed by atoms with van der Waals surface area (Å²) in [5.41, 5.74) is 5.48. The molecule has 2 aromatic rings. The Hall–Kier alpha value is -1.56. The Kier molecular flexibility index (Phi) is 2.82. The third-order valence-electron chi connectivity index (χ3n) is 3.30. The van der Waals surface area contributed by atoms with E-state index in [0.717, 1.165) is 0 Å². The molecule has 16 heavy (non-hydrogen) atoms. The molecular weight excluding hydrogens is 192 g/mol. The van der Waals surface area contributed by atoms with Gasteiger partial charge in [0.15, 0.2) is 0 Å². The monoisotopic (exact) mass is 210 g/mol. The molecule has 0 bridgehead atoms. The van der Waals surface area contributed by atoms with Crippen LogP contribution in [0.15, 0.2) is 42.0 Å². The van der Waals surface area contributed by atoms with Gasteiger partial charge in [0.05, 0.1) is 0 Å². The summed E-state index contributed by atoms with van der Waals surface area (Å²) in [4.78, 5) is 0. The van der Waals surface area contributed by atoms with Crippen LogP contribution in [0, 0.1) is 6.92 Å². The number of aryl methyl sites for hydroxylation is 1. The topological polar surface area (TPSA) is 0 Å². The maximum absolute atomic E-state index is 2.24. The first-order valence-electron chi connectivity index (χ1n) is 5.74. The van der Waals surface area contributed by atoms with Crippen molar-refractivity contribution in [3.05, 3.63) is 53.1 Å². The average molecular weight is 210 g/mol.